The van der Waals surface area contributed by atoms with Crippen LogP contribution in [0.1, 0.15) is 19.3 Å². The first kappa shape index (κ1) is 18.7. The number of anilines is 1. The first-order valence-electron chi connectivity index (χ1n) is 10.4. The summed E-state index contributed by atoms with van der Waals surface area (Å²) in [7, 11) is 0. The van der Waals surface area contributed by atoms with Gasteiger partial charge in [-0.05, 0) is 37.9 Å². The summed E-state index contributed by atoms with van der Waals surface area (Å²) in [6.45, 7) is 3.28. The molecular formula is C20H27N5O4. The van der Waals surface area contributed by atoms with Gasteiger partial charge < -0.3 is 25.0 Å². The Morgan fingerprint density at radius 2 is 1.90 bits per heavy atom. The maximum Gasteiger partial charge on any atom is 0.241 e. The summed E-state index contributed by atoms with van der Waals surface area (Å²) in [6.07, 6.45) is 2.38. The van der Waals surface area contributed by atoms with Crippen molar-refractivity contribution in [2.45, 2.75) is 31.3 Å². The number of nitrogens with zero attached hydrogens (tertiary/aromatic N) is 1. The van der Waals surface area contributed by atoms with Crippen LogP contribution in [0, 0.1) is 11.8 Å². The minimum absolute atomic E-state index is 0.00633. The maximum atomic E-state index is 13.0. The molecule has 3 saturated heterocycles. The molecule has 4 aliphatic rings. The van der Waals surface area contributed by atoms with Crippen LogP contribution in [0.2, 0.25) is 0 Å². The van der Waals surface area contributed by atoms with E-state index in [4.69, 9.17) is 9.47 Å². The molecule has 3 unspecified atom stereocenters. The average Bonchev–Trinajstić information content (AvgIpc) is 3.40. The van der Waals surface area contributed by atoms with Crippen molar-refractivity contribution in [3.63, 3.8) is 0 Å². The molecule has 1 aromatic carbocycles. The number of hydrazine groups is 1. The minimum atomic E-state index is -0.188. The Morgan fingerprint density at radius 3 is 2.76 bits per heavy atom. The number of fused-ring (bicyclic) bond motifs is 2. The van der Waals surface area contributed by atoms with Crippen LogP contribution in [0.15, 0.2) is 18.2 Å². The van der Waals surface area contributed by atoms with Crippen molar-refractivity contribution in [1.82, 2.24) is 21.1 Å². The van der Waals surface area contributed by atoms with Crippen LogP contribution in [0.4, 0.5) is 5.69 Å². The highest BCUT2D eigenvalue weighted by molar-refractivity contribution is 5.93. The van der Waals surface area contributed by atoms with Gasteiger partial charge in [0, 0.05) is 49.3 Å². The molecule has 2 amide bonds. The predicted octanol–water partition coefficient (Wildman–Crippen LogP) is 0.0469. The number of nitrogens with one attached hydrogen (secondary N) is 4. The van der Waals surface area contributed by atoms with Gasteiger partial charge in [-0.3, -0.25) is 15.0 Å². The maximum absolute atomic E-state index is 13.0. The second kappa shape index (κ2) is 7.81. The Balaban J connectivity index is 1.14. The van der Waals surface area contributed by atoms with E-state index >= 15 is 0 Å². The van der Waals surface area contributed by atoms with E-state index in [0.717, 1.165) is 19.5 Å². The number of carbonyl (C=O) groups is 2. The molecule has 4 heterocycles. The first-order valence-corrected chi connectivity index (χ1v) is 10.4. The molecule has 4 N–H and O–H groups in total. The summed E-state index contributed by atoms with van der Waals surface area (Å²) in [4.78, 5) is 27.6. The number of likely N-dealkylation sites (tertiary alicyclic amines) is 1. The Bertz CT molecular complexity index is 795. The number of piperidine rings is 2. The first-order chi connectivity index (χ1) is 14.2. The Morgan fingerprint density at radius 1 is 1.07 bits per heavy atom. The molecule has 0 saturated carbocycles. The summed E-state index contributed by atoms with van der Waals surface area (Å²) >= 11 is 0. The van der Waals surface area contributed by atoms with Crippen LogP contribution in [0.5, 0.6) is 11.5 Å². The largest absolute Gasteiger partial charge is 0.454 e. The number of hydrogen-bond acceptors (Lipinski definition) is 7. The van der Waals surface area contributed by atoms with Gasteiger partial charge in [-0.25, -0.2) is 5.43 Å². The van der Waals surface area contributed by atoms with Crippen molar-refractivity contribution in [3.8, 4) is 11.5 Å². The number of hydrogen-bond donors (Lipinski definition) is 4. The van der Waals surface area contributed by atoms with Crippen LogP contribution in [0.25, 0.3) is 0 Å². The van der Waals surface area contributed by atoms with E-state index in [1.807, 2.05) is 11.0 Å². The van der Waals surface area contributed by atoms with Crippen LogP contribution >= 0.6 is 0 Å². The molecule has 0 aliphatic carbocycles. The van der Waals surface area contributed by atoms with Crippen molar-refractivity contribution in [2.24, 2.45) is 11.8 Å². The van der Waals surface area contributed by atoms with Gasteiger partial charge in [-0.1, -0.05) is 0 Å². The van der Waals surface area contributed by atoms with E-state index in [1.165, 1.54) is 0 Å². The second-order valence-corrected chi connectivity index (χ2v) is 8.19. The summed E-state index contributed by atoms with van der Waals surface area (Å²) in [6, 6.07) is 5.57. The van der Waals surface area contributed by atoms with E-state index in [1.54, 1.807) is 12.1 Å². The monoisotopic (exact) mass is 401 g/mol. The Hall–Kier alpha value is -2.36. The molecule has 0 spiro atoms. The number of benzene rings is 1. The molecule has 1 aromatic rings. The highest BCUT2D eigenvalue weighted by atomic mass is 16.7. The summed E-state index contributed by atoms with van der Waals surface area (Å²) in [5.41, 5.74) is 7.18. The predicted molar refractivity (Wildman–Crippen MR) is 105 cm³/mol. The molecule has 9 heteroatoms. The lowest BCUT2D eigenvalue weighted by molar-refractivity contribution is -0.137. The van der Waals surface area contributed by atoms with Crippen LogP contribution < -0.4 is 31.0 Å². The lowest BCUT2D eigenvalue weighted by Crippen LogP contribution is -2.52. The molecule has 156 valence electrons. The van der Waals surface area contributed by atoms with Crippen molar-refractivity contribution >= 4 is 17.5 Å². The van der Waals surface area contributed by atoms with Crippen LogP contribution in [-0.2, 0) is 9.59 Å². The van der Waals surface area contributed by atoms with Gasteiger partial charge in [-0.2, -0.15) is 0 Å². The topological polar surface area (TPSA) is 104 Å². The van der Waals surface area contributed by atoms with E-state index < -0.39 is 0 Å². The molecule has 0 aromatic heterocycles. The van der Waals surface area contributed by atoms with Gasteiger partial charge in [0.15, 0.2) is 11.5 Å². The number of carbonyl (C=O) groups excluding carboxylic acids is 2. The molecule has 29 heavy (non-hydrogen) atoms. The smallest absolute Gasteiger partial charge is 0.241 e. The zero-order valence-corrected chi connectivity index (χ0v) is 16.3. The summed E-state index contributed by atoms with van der Waals surface area (Å²) in [5.74, 6) is 1.67. The molecule has 5 rings (SSSR count). The van der Waals surface area contributed by atoms with Crippen molar-refractivity contribution in [1.29, 1.82) is 0 Å². The van der Waals surface area contributed by atoms with Gasteiger partial charge in [0.2, 0.25) is 18.6 Å². The molecule has 9 nitrogen and oxygen atoms in total. The van der Waals surface area contributed by atoms with Gasteiger partial charge >= 0.3 is 0 Å². The van der Waals surface area contributed by atoms with Crippen LogP contribution in [0.3, 0.4) is 0 Å². The highest BCUT2D eigenvalue weighted by Crippen LogP contribution is 2.34. The molecule has 3 fully saturated rings. The Labute approximate surface area is 169 Å². The molecule has 0 bridgehead atoms. The van der Waals surface area contributed by atoms with Gasteiger partial charge in [0.25, 0.3) is 0 Å². The third kappa shape index (κ3) is 3.65. The van der Waals surface area contributed by atoms with Gasteiger partial charge in [0.05, 0.1) is 0 Å². The normalized spacial score (nSPS) is 28.8. The lowest BCUT2D eigenvalue weighted by Gasteiger charge is -2.35. The van der Waals surface area contributed by atoms with E-state index in [2.05, 4.69) is 21.5 Å². The zero-order chi connectivity index (χ0) is 19.8. The van der Waals surface area contributed by atoms with Crippen LogP contribution in [-0.4, -0.2) is 61.8 Å². The minimum Gasteiger partial charge on any atom is -0.454 e. The molecule has 0 radical (unpaired) electrons. The van der Waals surface area contributed by atoms with Gasteiger partial charge in [-0.15, -0.1) is 0 Å². The third-order valence-electron chi connectivity index (χ3n) is 6.46. The van der Waals surface area contributed by atoms with E-state index in [9.17, 15) is 9.59 Å². The standard InChI is InChI=1S/C20H27N5O4/c26-19(22-13-1-2-16-17(9-13)29-11-28-16)12-4-7-25(8-5-12)20(27)18-14-10-21-6-3-15(14)23-24-18/h1-2,9,12,14-15,18,21,23-24H,3-8,10-11H2,(H,22,26). The highest BCUT2D eigenvalue weighted by Gasteiger charge is 2.43. The molecule has 4 aliphatic heterocycles. The number of rotatable bonds is 3. The fraction of sp³-hybridized carbons (Fsp3) is 0.600. The number of ether oxygens (including phenoxy) is 2. The molecule has 3 atom stereocenters. The lowest BCUT2D eigenvalue weighted by atomic mass is 9.88. The van der Waals surface area contributed by atoms with Crippen molar-refractivity contribution in [2.75, 3.05) is 38.3 Å². The fourth-order valence-electron chi connectivity index (χ4n) is 4.74. The average molecular weight is 401 g/mol. The SMILES string of the molecule is O=C(Nc1ccc2c(c1)OCO2)C1CCN(C(=O)C2NNC3CCNCC32)CC1. The third-order valence-corrected chi connectivity index (χ3v) is 6.46. The van der Waals surface area contributed by atoms with Crippen molar-refractivity contribution < 1.29 is 19.1 Å². The fourth-order valence-corrected chi connectivity index (χ4v) is 4.74. The summed E-state index contributed by atoms with van der Waals surface area (Å²) < 4.78 is 10.7. The number of amides is 2. The Kier molecular flexibility index (Phi) is 5.03. The zero-order valence-electron chi connectivity index (χ0n) is 16.3. The van der Waals surface area contributed by atoms with Gasteiger partial charge in [0.1, 0.15) is 6.04 Å². The second-order valence-electron chi connectivity index (χ2n) is 8.19. The van der Waals surface area contributed by atoms with E-state index in [-0.39, 0.29) is 36.5 Å². The quantitative estimate of drug-likeness (QED) is 0.567. The van der Waals surface area contributed by atoms with Crippen molar-refractivity contribution in [3.05, 3.63) is 18.2 Å². The molecular weight excluding hydrogens is 374 g/mol. The summed E-state index contributed by atoms with van der Waals surface area (Å²) in [5, 5.41) is 6.35. The van der Waals surface area contributed by atoms with E-state index in [0.29, 0.717) is 49.2 Å².